The number of nitrogen functional groups attached to an aromatic ring is 1. The average molecular weight is 376 g/mol. The Morgan fingerprint density at radius 2 is 2.04 bits per heavy atom. The molecule has 24 heavy (non-hydrogen) atoms. The highest BCUT2D eigenvalue weighted by Crippen LogP contribution is 2.17. The molecule has 0 saturated carbocycles. The SMILES string of the molecule is CC(C)CN1CCC(CNC(=O)CCc2ccccc2N)C1.Cl.Cl. The van der Waals surface area contributed by atoms with Gasteiger partial charge in [0.05, 0.1) is 0 Å². The largest absolute Gasteiger partial charge is 0.399 e. The van der Waals surface area contributed by atoms with Crippen molar-refractivity contribution in [1.82, 2.24) is 10.2 Å². The van der Waals surface area contributed by atoms with Crippen LogP contribution in [-0.2, 0) is 11.2 Å². The maximum atomic E-state index is 12.0. The van der Waals surface area contributed by atoms with Gasteiger partial charge in [0.15, 0.2) is 0 Å². The minimum atomic E-state index is 0. The molecule has 6 heteroatoms. The molecule has 0 aromatic heterocycles. The van der Waals surface area contributed by atoms with Gasteiger partial charge < -0.3 is 16.0 Å². The van der Waals surface area contributed by atoms with Gasteiger partial charge in [-0.3, -0.25) is 4.79 Å². The predicted molar refractivity (Wildman–Crippen MR) is 106 cm³/mol. The van der Waals surface area contributed by atoms with Gasteiger partial charge in [-0.05, 0) is 42.9 Å². The molecule has 1 aliphatic rings. The van der Waals surface area contributed by atoms with Gasteiger partial charge in [0.25, 0.3) is 0 Å². The summed E-state index contributed by atoms with van der Waals surface area (Å²) in [6.45, 7) is 8.76. The van der Waals surface area contributed by atoms with Gasteiger partial charge in [-0.2, -0.15) is 0 Å². The van der Waals surface area contributed by atoms with Crippen LogP contribution in [0.15, 0.2) is 24.3 Å². The van der Waals surface area contributed by atoms with Crippen molar-refractivity contribution in [1.29, 1.82) is 0 Å². The van der Waals surface area contributed by atoms with Crippen LogP contribution in [0.2, 0.25) is 0 Å². The second-order valence-electron chi connectivity index (χ2n) is 6.81. The highest BCUT2D eigenvalue weighted by molar-refractivity contribution is 5.85. The highest BCUT2D eigenvalue weighted by atomic mass is 35.5. The van der Waals surface area contributed by atoms with Gasteiger partial charge in [-0.1, -0.05) is 32.0 Å². The molecule has 0 bridgehead atoms. The van der Waals surface area contributed by atoms with Gasteiger partial charge >= 0.3 is 0 Å². The quantitative estimate of drug-likeness (QED) is 0.719. The molecule has 1 amide bonds. The summed E-state index contributed by atoms with van der Waals surface area (Å²) >= 11 is 0. The number of para-hydroxylation sites is 1. The fourth-order valence-corrected chi connectivity index (χ4v) is 3.12. The molecule has 3 N–H and O–H groups in total. The summed E-state index contributed by atoms with van der Waals surface area (Å²) in [7, 11) is 0. The van der Waals surface area contributed by atoms with Crippen LogP contribution in [0.25, 0.3) is 0 Å². The zero-order valence-electron chi connectivity index (χ0n) is 14.7. The molecule has 0 aliphatic carbocycles. The first-order valence-electron chi connectivity index (χ1n) is 8.37. The standard InChI is InChI=1S/C18H29N3O.2ClH/c1-14(2)12-21-10-9-15(13-21)11-20-18(22)8-7-16-5-3-4-6-17(16)19;;/h3-6,14-15H,7-13,19H2,1-2H3,(H,20,22);2*1H. The smallest absolute Gasteiger partial charge is 0.220 e. The van der Waals surface area contributed by atoms with Crippen LogP contribution < -0.4 is 11.1 Å². The number of carbonyl (C=O) groups excluding carboxylic acids is 1. The molecular formula is C18H31Cl2N3O. The summed E-state index contributed by atoms with van der Waals surface area (Å²) in [6, 6.07) is 7.76. The van der Waals surface area contributed by atoms with Gasteiger partial charge in [-0.25, -0.2) is 0 Å². The number of hydrogen-bond acceptors (Lipinski definition) is 3. The van der Waals surface area contributed by atoms with Crippen molar-refractivity contribution >= 4 is 36.4 Å². The summed E-state index contributed by atoms with van der Waals surface area (Å²) in [5.74, 6) is 1.44. The molecule has 1 saturated heterocycles. The third kappa shape index (κ3) is 7.73. The zero-order chi connectivity index (χ0) is 15.9. The number of amides is 1. The van der Waals surface area contributed by atoms with E-state index in [0.717, 1.165) is 30.9 Å². The highest BCUT2D eigenvalue weighted by Gasteiger charge is 2.22. The fraction of sp³-hybridized carbons (Fsp3) is 0.611. The summed E-state index contributed by atoms with van der Waals surface area (Å²) in [5, 5.41) is 3.08. The number of nitrogens with one attached hydrogen (secondary N) is 1. The summed E-state index contributed by atoms with van der Waals surface area (Å²) in [4.78, 5) is 14.5. The molecule has 1 aromatic carbocycles. The Kier molecular flexibility index (Phi) is 11.1. The van der Waals surface area contributed by atoms with Crippen molar-refractivity contribution in [2.45, 2.75) is 33.1 Å². The first kappa shape index (κ1) is 23.0. The number of carbonyl (C=O) groups is 1. The fourth-order valence-electron chi connectivity index (χ4n) is 3.12. The number of likely N-dealkylation sites (tertiary alicyclic amines) is 1. The Labute approximate surface area is 158 Å². The Bertz CT molecular complexity index is 497. The van der Waals surface area contributed by atoms with Crippen molar-refractivity contribution in [2.24, 2.45) is 11.8 Å². The Balaban J connectivity index is 0.00000264. The second-order valence-corrected chi connectivity index (χ2v) is 6.81. The number of nitrogens with two attached hydrogens (primary N) is 1. The Morgan fingerprint density at radius 3 is 2.71 bits per heavy atom. The third-order valence-corrected chi connectivity index (χ3v) is 4.26. The van der Waals surface area contributed by atoms with E-state index in [4.69, 9.17) is 5.73 Å². The number of hydrogen-bond donors (Lipinski definition) is 2. The lowest BCUT2D eigenvalue weighted by molar-refractivity contribution is -0.121. The number of anilines is 1. The van der Waals surface area contributed by atoms with E-state index in [1.165, 1.54) is 13.0 Å². The lowest BCUT2D eigenvalue weighted by Crippen LogP contribution is -2.32. The summed E-state index contributed by atoms with van der Waals surface area (Å²) < 4.78 is 0. The van der Waals surface area contributed by atoms with Crippen LogP contribution >= 0.6 is 24.8 Å². The van der Waals surface area contributed by atoms with Crippen LogP contribution in [0.5, 0.6) is 0 Å². The topological polar surface area (TPSA) is 58.4 Å². The maximum absolute atomic E-state index is 12.0. The van der Waals surface area contributed by atoms with Gasteiger partial charge in [0, 0.05) is 31.7 Å². The molecule has 0 spiro atoms. The van der Waals surface area contributed by atoms with E-state index in [0.29, 0.717) is 24.7 Å². The minimum Gasteiger partial charge on any atom is -0.399 e. The van der Waals surface area contributed by atoms with Crippen LogP contribution in [0, 0.1) is 11.8 Å². The van der Waals surface area contributed by atoms with Gasteiger partial charge in [-0.15, -0.1) is 24.8 Å². The van der Waals surface area contributed by atoms with E-state index < -0.39 is 0 Å². The number of rotatable bonds is 7. The van der Waals surface area contributed by atoms with E-state index in [1.807, 2.05) is 24.3 Å². The van der Waals surface area contributed by atoms with Crippen molar-refractivity contribution in [3.63, 3.8) is 0 Å². The Morgan fingerprint density at radius 1 is 1.33 bits per heavy atom. The lowest BCUT2D eigenvalue weighted by atomic mass is 10.1. The number of benzene rings is 1. The number of aryl methyl sites for hydroxylation is 1. The molecule has 1 aliphatic heterocycles. The number of halogens is 2. The van der Waals surface area contributed by atoms with Gasteiger partial charge in [0.1, 0.15) is 0 Å². The van der Waals surface area contributed by atoms with E-state index in [-0.39, 0.29) is 30.7 Å². The zero-order valence-corrected chi connectivity index (χ0v) is 16.3. The molecule has 1 unspecified atom stereocenters. The van der Waals surface area contributed by atoms with Crippen LogP contribution in [0.1, 0.15) is 32.3 Å². The van der Waals surface area contributed by atoms with E-state index in [2.05, 4.69) is 24.1 Å². The van der Waals surface area contributed by atoms with E-state index >= 15 is 0 Å². The van der Waals surface area contributed by atoms with Crippen LogP contribution in [-0.4, -0.2) is 37.0 Å². The predicted octanol–water partition coefficient (Wildman–Crippen LogP) is 3.14. The molecule has 1 atom stereocenters. The van der Waals surface area contributed by atoms with E-state index in [1.54, 1.807) is 0 Å². The Hall–Kier alpha value is -0.970. The molecule has 138 valence electrons. The lowest BCUT2D eigenvalue weighted by Gasteiger charge is -2.18. The number of nitrogens with zero attached hydrogens (tertiary/aromatic N) is 1. The van der Waals surface area contributed by atoms with Crippen LogP contribution in [0.4, 0.5) is 5.69 Å². The second kappa shape index (κ2) is 11.6. The molecule has 1 fully saturated rings. The maximum Gasteiger partial charge on any atom is 0.220 e. The summed E-state index contributed by atoms with van der Waals surface area (Å²) in [5.41, 5.74) is 7.73. The third-order valence-electron chi connectivity index (χ3n) is 4.26. The molecule has 4 nitrogen and oxygen atoms in total. The molecule has 1 heterocycles. The van der Waals surface area contributed by atoms with Gasteiger partial charge in [0.2, 0.25) is 5.91 Å². The summed E-state index contributed by atoms with van der Waals surface area (Å²) in [6.07, 6.45) is 2.41. The van der Waals surface area contributed by atoms with Crippen molar-refractivity contribution in [3.05, 3.63) is 29.8 Å². The first-order valence-corrected chi connectivity index (χ1v) is 8.37. The molecule has 0 radical (unpaired) electrons. The van der Waals surface area contributed by atoms with Crippen molar-refractivity contribution in [2.75, 3.05) is 31.9 Å². The molecule has 2 rings (SSSR count). The van der Waals surface area contributed by atoms with Crippen molar-refractivity contribution < 1.29 is 4.79 Å². The molecular weight excluding hydrogens is 345 g/mol. The molecule has 1 aromatic rings. The monoisotopic (exact) mass is 375 g/mol. The van der Waals surface area contributed by atoms with E-state index in [9.17, 15) is 4.79 Å². The normalized spacial score (nSPS) is 17.2. The minimum absolute atomic E-state index is 0. The average Bonchev–Trinajstić information content (AvgIpc) is 2.91. The van der Waals surface area contributed by atoms with Crippen molar-refractivity contribution in [3.8, 4) is 0 Å². The first-order chi connectivity index (χ1) is 10.5. The van der Waals surface area contributed by atoms with Crippen LogP contribution in [0.3, 0.4) is 0 Å².